The van der Waals surface area contributed by atoms with Crippen molar-refractivity contribution in [3.05, 3.63) is 11.7 Å². The van der Waals surface area contributed by atoms with Crippen LogP contribution in [0.1, 0.15) is 43.8 Å². The Kier molecular flexibility index (Phi) is 5.21. The highest BCUT2D eigenvalue weighted by molar-refractivity contribution is 4.94. The molecule has 5 nitrogen and oxygen atoms in total. The molecule has 0 bridgehead atoms. The zero-order valence-corrected chi connectivity index (χ0v) is 11.8. The molecule has 1 aromatic rings. The van der Waals surface area contributed by atoms with Crippen LogP contribution in [0.15, 0.2) is 4.52 Å². The summed E-state index contributed by atoms with van der Waals surface area (Å²) in [4.78, 5) is 4.09. The summed E-state index contributed by atoms with van der Waals surface area (Å²) in [5, 5.41) is 3.65. The van der Waals surface area contributed by atoms with Gasteiger partial charge >= 0.3 is 6.18 Å². The van der Waals surface area contributed by atoms with Gasteiger partial charge in [-0.2, -0.15) is 18.2 Å². The van der Waals surface area contributed by atoms with Crippen molar-refractivity contribution < 1.29 is 22.4 Å². The Labute approximate surface area is 121 Å². The van der Waals surface area contributed by atoms with Crippen LogP contribution < -0.4 is 5.73 Å². The minimum atomic E-state index is -4.35. The quantitative estimate of drug-likeness (QED) is 0.874. The van der Waals surface area contributed by atoms with Crippen LogP contribution in [0, 0.1) is 5.41 Å². The summed E-state index contributed by atoms with van der Waals surface area (Å²) < 4.78 is 45.5. The fraction of sp³-hybridized carbons (Fsp3) is 0.846. The van der Waals surface area contributed by atoms with Crippen LogP contribution in [-0.2, 0) is 17.8 Å². The van der Waals surface area contributed by atoms with E-state index in [1.54, 1.807) is 0 Å². The first-order valence-electron chi connectivity index (χ1n) is 7.08. The topological polar surface area (TPSA) is 74.2 Å². The van der Waals surface area contributed by atoms with Gasteiger partial charge in [-0.3, -0.25) is 0 Å². The van der Waals surface area contributed by atoms with E-state index < -0.39 is 12.8 Å². The maximum absolute atomic E-state index is 12.0. The molecule has 8 heteroatoms. The molecule has 1 heterocycles. The fourth-order valence-electron chi connectivity index (χ4n) is 2.75. The third-order valence-corrected chi connectivity index (χ3v) is 3.88. The highest BCUT2D eigenvalue weighted by Gasteiger charge is 2.33. The lowest BCUT2D eigenvalue weighted by molar-refractivity contribution is -0.177. The standard InChI is InChI=1S/C13H20F3N3O2/c14-13(15,16)9-20-7-10-18-11(21-19-10)6-12(8-17)4-2-1-3-5-12/h1-9,17H2. The number of rotatable bonds is 6. The van der Waals surface area contributed by atoms with Crippen molar-refractivity contribution in [3.63, 3.8) is 0 Å². The summed E-state index contributed by atoms with van der Waals surface area (Å²) in [5.74, 6) is 0.560. The first-order chi connectivity index (χ1) is 9.92. The number of halogens is 3. The molecule has 1 aromatic heterocycles. The first kappa shape index (κ1) is 16.2. The molecular formula is C13H20F3N3O2. The van der Waals surface area contributed by atoms with Gasteiger partial charge in [0.2, 0.25) is 5.89 Å². The van der Waals surface area contributed by atoms with Gasteiger partial charge in [0, 0.05) is 6.42 Å². The molecule has 0 unspecified atom stereocenters. The minimum Gasteiger partial charge on any atom is -0.364 e. The van der Waals surface area contributed by atoms with E-state index in [0.29, 0.717) is 18.9 Å². The maximum atomic E-state index is 12.0. The normalized spacial score (nSPS) is 18.9. The Morgan fingerprint density at radius 1 is 1.24 bits per heavy atom. The van der Waals surface area contributed by atoms with E-state index in [4.69, 9.17) is 10.3 Å². The van der Waals surface area contributed by atoms with Gasteiger partial charge in [0.05, 0.1) is 0 Å². The van der Waals surface area contributed by atoms with Crippen LogP contribution in [0.25, 0.3) is 0 Å². The van der Waals surface area contributed by atoms with Gasteiger partial charge in [-0.25, -0.2) is 0 Å². The third-order valence-electron chi connectivity index (χ3n) is 3.88. The fourth-order valence-corrected chi connectivity index (χ4v) is 2.75. The van der Waals surface area contributed by atoms with Gasteiger partial charge in [0.15, 0.2) is 5.82 Å². The van der Waals surface area contributed by atoms with Gasteiger partial charge in [-0.15, -0.1) is 0 Å². The maximum Gasteiger partial charge on any atom is 0.411 e. The molecule has 120 valence electrons. The molecule has 21 heavy (non-hydrogen) atoms. The lowest BCUT2D eigenvalue weighted by Gasteiger charge is -2.34. The Bertz CT molecular complexity index is 442. The number of nitrogens with zero attached hydrogens (tertiary/aromatic N) is 2. The van der Waals surface area contributed by atoms with Gasteiger partial charge in [-0.1, -0.05) is 24.4 Å². The molecule has 0 atom stereocenters. The number of aromatic nitrogens is 2. The van der Waals surface area contributed by atoms with Crippen LogP contribution in [0.2, 0.25) is 0 Å². The van der Waals surface area contributed by atoms with Crippen LogP contribution in [0.5, 0.6) is 0 Å². The molecule has 0 aromatic carbocycles. The van der Waals surface area contributed by atoms with E-state index in [1.807, 2.05) is 0 Å². The summed E-state index contributed by atoms with van der Waals surface area (Å²) in [6.07, 6.45) is 1.74. The van der Waals surface area contributed by atoms with Crippen molar-refractivity contribution in [1.29, 1.82) is 0 Å². The lowest BCUT2D eigenvalue weighted by atomic mass is 9.72. The minimum absolute atomic E-state index is 0.0190. The number of alkyl halides is 3. The van der Waals surface area contributed by atoms with Crippen LogP contribution in [-0.4, -0.2) is 29.5 Å². The van der Waals surface area contributed by atoms with E-state index in [9.17, 15) is 13.2 Å². The molecule has 0 radical (unpaired) electrons. The molecule has 1 saturated carbocycles. The number of hydrogen-bond donors (Lipinski definition) is 1. The molecule has 2 N–H and O–H groups in total. The average Bonchev–Trinajstić information content (AvgIpc) is 2.86. The summed E-state index contributed by atoms with van der Waals surface area (Å²) in [5.41, 5.74) is 5.86. The van der Waals surface area contributed by atoms with Crippen molar-refractivity contribution in [2.24, 2.45) is 11.1 Å². The molecule has 1 aliphatic rings. The predicted octanol–water partition coefficient (Wildman–Crippen LogP) is 2.60. The van der Waals surface area contributed by atoms with E-state index in [2.05, 4.69) is 14.9 Å². The third kappa shape index (κ3) is 4.96. The number of nitrogens with two attached hydrogens (primary N) is 1. The Morgan fingerprint density at radius 3 is 2.57 bits per heavy atom. The van der Waals surface area contributed by atoms with E-state index in [1.165, 1.54) is 6.42 Å². The number of ether oxygens (including phenoxy) is 1. The average molecular weight is 307 g/mol. The van der Waals surface area contributed by atoms with E-state index in [-0.39, 0.29) is 17.8 Å². The SMILES string of the molecule is NCC1(Cc2nc(COCC(F)(F)F)no2)CCCCC1. The van der Waals surface area contributed by atoms with Crippen molar-refractivity contribution in [2.45, 2.75) is 51.3 Å². The molecule has 0 spiro atoms. The lowest BCUT2D eigenvalue weighted by Crippen LogP contribution is -2.35. The molecule has 0 amide bonds. The van der Waals surface area contributed by atoms with Gasteiger partial charge in [-0.05, 0) is 24.8 Å². The van der Waals surface area contributed by atoms with E-state index >= 15 is 0 Å². The second-order valence-corrected chi connectivity index (χ2v) is 5.65. The second-order valence-electron chi connectivity index (χ2n) is 5.65. The van der Waals surface area contributed by atoms with Crippen LogP contribution >= 0.6 is 0 Å². The molecule has 1 fully saturated rings. The molecule has 2 rings (SSSR count). The first-order valence-corrected chi connectivity index (χ1v) is 7.08. The van der Waals surface area contributed by atoms with Crippen LogP contribution in [0.3, 0.4) is 0 Å². The van der Waals surface area contributed by atoms with Gasteiger partial charge < -0.3 is 15.0 Å². The Morgan fingerprint density at radius 2 is 1.95 bits per heavy atom. The molecule has 1 aliphatic carbocycles. The smallest absolute Gasteiger partial charge is 0.364 e. The van der Waals surface area contributed by atoms with Gasteiger partial charge in [0.25, 0.3) is 0 Å². The molecule has 0 aliphatic heterocycles. The molecule has 0 saturated heterocycles. The van der Waals surface area contributed by atoms with Crippen molar-refractivity contribution in [1.82, 2.24) is 10.1 Å². The summed E-state index contributed by atoms with van der Waals surface area (Å²) in [6, 6.07) is 0. The Hall–Kier alpha value is -1.15. The Balaban J connectivity index is 1.87. The van der Waals surface area contributed by atoms with Crippen LogP contribution in [0.4, 0.5) is 13.2 Å². The molecular weight excluding hydrogens is 287 g/mol. The number of hydrogen-bond acceptors (Lipinski definition) is 5. The zero-order valence-electron chi connectivity index (χ0n) is 11.8. The predicted molar refractivity (Wildman–Crippen MR) is 68.3 cm³/mol. The summed E-state index contributed by atoms with van der Waals surface area (Å²) in [7, 11) is 0. The highest BCUT2D eigenvalue weighted by Crippen LogP contribution is 2.37. The van der Waals surface area contributed by atoms with Crippen molar-refractivity contribution >= 4 is 0 Å². The van der Waals surface area contributed by atoms with Gasteiger partial charge in [0.1, 0.15) is 13.2 Å². The second kappa shape index (κ2) is 6.74. The highest BCUT2D eigenvalue weighted by atomic mass is 19.4. The summed E-state index contributed by atoms with van der Waals surface area (Å²) >= 11 is 0. The van der Waals surface area contributed by atoms with Crippen molar-refractivity contribution in [3.8, 4) is 0 Å². The van der Waals surface area contributed by atoms with Crippen molar-refractivity contribution in [2.75, 3.05) is 13.2 Å². The van der Waals surface area contributed by atoms with E-state index in [0.717, 1.165) is 25.7 Å². The summed E-state index contributed by atoms with van der Waals surface area (Å²) in [6.45, 7) is -1.07. The largest absolute Gasteiger partial charge is 0.411 e. The zero-order chi connectivity index (χ0) is 15.3. The monoisotopic (exact) mass is 307 g/mol.